The zero-order valence-corrected chi connectivity index (χ0v) is 8.93. The van der Waals surface area contributed by atoms with Crippen LogP contribution in [0.1, 0.15) is 13.8 Å². The Kier molecular flexibility index (Phi) is 4.40. The van der Waals surface area contributed by atoms with E-state index in [4.69, 9.17) is 4.74 Å². The van der Waals surface area contributed by atoms with Gasteiger partial charge in [-0.2, -0.15) is 4.86 Å². The molecule has 1 aromatic rings. The first-order valence-electron chi connectivity index (χ1n) is 4.90. The van der Waals surface area contributed by atoms with Crippen LogP contribution in [0.3, 0.4) is 0 Å². The molecule has 0 fully saturated rings. The zero-order chi connectivity index (χ0) is 11.1. The van der Waals surface area contributed by atoms with Gasteiger partial charge in [0.05, 0.1) is 11.8 Å². The van der Waals surface area contributed by atoms with Gasteiger partial charge in [0, 0.05) is 0 Å². The van der Waals surface area contributed by atoms with Crippen LogP contribution in [0.25, 0.3) is 0 Å². The second kappa shape index (κ2) is 5.85. The Morgan fingerprint density at radius 3 is 2.53 bits per heavy atom. The first-order chi connectivity index (χ1) is 7.26. The molecule has 0 radical (unpaired) electrons. The van der Waals surface area contributed by atoms with Gasteiger partial charge >= 0.3 is 0 Å². The maximum absolute atomic E-state index is 10.8. The summed E-state index contributed by atoms with van der Waals surface area (Å²) in [6.07, 6.45) is 0. The maximum Gasteiger partial charge on any atom is 0.147 e. The summed E-state index contributed by atoms with van der Waals surface area (Å²) in [5.74, 6) is 0.803. The Morgan fingerprint density at radius 2 is 2.00 bits per heavy atom. The van der Waals surface area contributed by atoms with E-state index in [0.717, 1.165) is 11.4 Å². The molecule has 0 heterocycles. The van der Waals surface area contributed by atoms with Gasteiger partial charge in [-0.25, -0.2) is 0 Å². The molecule has 82 valence electrons. The van der Waals surface area contributed by atoms with Crippen LogP contribution < -0.4 is 10.2 Å². The van der Waals surface area contributed by atoms with Gasteiger partial charge < -0.3 is 9.94 Å². The monoisotopic (exact) mass is 209 g/mol. The molecule has 5 heteroatoms. The highest BCUT2D eigenvalue weighted by Crippen LogP contribution is 2.15. The molecule has 0 aliphatic rings. The van der Waals surface area contributed by atoms with Crippen molar-refractivity contribution in [3.63, 3.8) is 0 Å². The van der Waals surface area contributed by atoms with Crippen LogP contribution in [0.2, 0.25) is 0 Å². The number of benzene rings is 1. The molecule has 1 aromatic carbocycles. The lowest BCUT2D eigenvalue weighted by molar-refractivity contribution is -0.524. The lowest BCUT2D eigenvalue weighted by atomic mass is 10.3. The van der Waals surface area contributed by atoms with Crippen molar-refractivity contribution in [3.8, 4) is 5.75 Å². The molecular weight excluding hydrogens is 194 g/mol. The summed E-state index contributed by atoms with van der Waals surface area (Å²) in [5, 5.41) is 14.4. The topological polar surface area (TPSA) is 59.7 Å². The van der Waals surface area contributed by atoms with E-state index >= 15 is 0 Å². The standard InChI is InChI=1S/C10H15N3O2/c1-3-13(14)12-11-9-5-7-10(8-6-9)15-4-2/h5-8,11H,3-4H2,1-2H3/b13-12+. The third kappa shape index (κ3) is 3.84. The van der Waals surface area contributed by atoms with Crippen LogP contribution in [0.5, 0.6) is 5.75 Å². The minimum atomic E-state index is 0.323. The molecule has 0 aliphatic carbocycles. The molecule has 1 rings (SSSR count). The van der Waals surface area contributed by atoms with Gasteiger partial charge in [-0.05, 0) is 38.1 Å². The molecule has 0 saturated carbocycles. The Balaban J connectivity index is 2.56. The lowest BCUT2D eigenvalue weighted by Gasteiger charge is -2.03. The number of hydroxylamine groups is 1. The highest BCUT2D eigenvalue weighted by atomic mass is 16.5. The fourth-order valence-corrected chi connectivity index (χ4v) is 0.977. The summed E-state index contributed by atoms with van der Waals surface area (Å²) in [7, 11) is 0. The van der Waals surface area contributed by atoms with Crippen LogP contribution in [-0.2, 0) is 0 Å². The zero-order valence-electron chi connectivity index (χ0n) is 8.93. The van der Waals surface area contributed by atoms with Crippen molar-refractivity contribution in [2.24, 2.45) is 5.22 Å². The van der Waals surface area contributed by atoms with E-state index < -0.39 is 0 Å². The van der Waals surface area contributed by atoms with E-state index in [1.165, 1.54) is 0 Å². The number of rotatable bonds is 5. The minimum absolute atomic E-state index is 0.323. The molecule has 0 spiro atoms. The van der Waals surface area contributed by atoms with Gasteiger partial charge in [0.15, 0.2) is 0 Å². The SMILES string of the molecule is CCOc1ccc(N/N=[N+](/[O-])CC)cc1. The van der Waals surface area contributed by atoms with Crippen molar-refractivity contribution < 1.29 is 9.60 Å². The fourth-order valence-electron chi connectivity index (χ4n) is 0.977. The number of nitrogens with zero attached hydrogens (tertiary/aromatic N) is 2. The van der Waals surface area contributed by atoms with Crippen LogP contribution >= 0.6 is 0 Å². The van der Waals surface area contributed by atoms with Crippen LogP contribution in [0.4, 0.5) is 5.69 Å². The van der Waals surface area contributed by atoms with E-state index in [1.807, 2.05) is 19.1 Å². The molecule has 5 nitrogen and oxygen atoms in total. The summed E-state index contributed by atoms with van der Waals surface area (Å²) < 4.78 is 5.28. The largest absolute Gasteiger partial charge is 0.696 e. The van der Waals surface area contributed by atoms with Gasteiger partial charge in [-0.15, -0.1) is 5.43 Å². The molecule has 0 aliphatic heterocycles. The maximum atomic E-state index is 10.8. The molecular formula is C10H15N3O2. The first kappa shape index (κ1) is 11.3. The molecule has 0 saturated heterocycles. The Morgan fingerprint density at radius 1 is 1.33 bits per heavy atom. The average molecular weight is 209 g/mol. The van der Waals surface area contributed by atoms with Crippen LogP contribution in [0.15, 0.2) is 29.5 Å². The van der Waals surface area contributed by atoms with E-state index in [2.05, 4.69) is 10.6 Å². The van der Waals surface area contributed by atoms with Gasteiger partial charge in [0.25, 0.3) is 0 Å². The first-order valence-corrected chi connectivity index (χ1v) is 4.90. The third-order valence-corrected chi connectivity index (χ3v) is 1.73. The predicted octanol–water partition coefficient (Wildman–Crippen LogP) is 2.39. The van der Waals surface area contributed by atoms with Gasteiger partial charge in [0.2, 0.25) is 0 Å². The van der Waals surface area contributed by atoms with E-state index in [0.29, 0.717) is 18.0 Å². The normalized spacial score (nSPS) is 11.2. The predicted molar refractivity (Wildman–Crippen MR) is 57.8 cm³/mol. The Labute approximate surface area is 88.9 Å². The second-order valence-electron chi connectivity index (χ2n) is 2.84. The second-order valence-corrected chi connectivity index (χ2v) is 2.84. The molecule has 0 bridgehead atoms. The summed E-state index contributed by atoms with van der Waals surface area (Å²) in [6, 6.07) is 7.25. The average Bonchev–Trinajstić information content (AvgIpc) is 2.28. The quantitative estimate of drug-likeness (QED) is 0.460. The molecule has 0 amide bonds. The number of hydrogen-bond donors (Lipinski definition) is 1. The summed E-state index contributed by atoms with van der Waals surface area (Å²) in [4.78, 5) is 0.580. The van der Waals surface area contributed by atoms with Crippen molar-refractivity contribution in [2.45, 2.75) is 13.8 Å². The Bertz CT molecular complexity index is 322. The Hall–Kier alpha value is -1.78. The van der Waals surface area contributed by atoms with Gasteiger partial charge in [-0.1, -0.05) is 0 Å². The number of anilines is 1. The van der Waals surface area contributed by atoms with Crippen molar-refractivity contribution in [2.75, 3.05) is 18.6 Å². The van der Waals surface area contributed by atoms with Crippen LogP contribution in [0, 0.1) is 5.21 Å². The van der Waals surface area contributed by atoms with Crippen LogP contribution in [-0.4, -0.2) is 18.0 Å². The van der Waals surface area contributed by atoms with E-state index in [1.54, 1.807) is 19.1 Å². The third-order valence-electron chi connectivity index (χ3n) is 1.73. The summed E-state index contributed by atoms with van der Waals surface area (Å²) >= 11 is 0. The van der Waals surface area contributed by atoms with Crippen molar-refractivity contribution >= 4 is 5.69 Å². The highest BCUT2D eigenvalue weighted by molar-refractivity contribution is 5.45. The van der Waals surface area contributed by atoms with Gasteiger partial charge in [0.1, 0.15) is 18.0 Å². The summed E-state index contributed by atoms with van der Waals surface area (Å²) in [6.45, 7) is 4.62. The summed E-state index contributed by atoms with van der Waals surface area (Å²) in [5.41, 5.74) is 3.40. The lowest BCUT2D eigenvalue weighted by Crippen LogP contribution is -2.02. The number of ether oxygens (including phenoxy) is 1. The molecule has 1 N–H and O–H groups in total. The highest BCUT2D eigenvalue weighted by Gasteiger charge is 1.96. The smallest absolute Gasteiger partial charge is 0.147 e. The fraction of sp³-hybridized carbons (Fsp3) is 0.400. The molecule has 0 aromatic heterocycles. The van der Waals surface area contributed by atoms with Crippen molar-refractivity contribution in [1.82, 2.24) is 0 Å². The number of hydrogen-bond acceptors (Lipinski definition) is 3. The van der Waals surface area contributed by atoms with Crippen molar-refractivity contribution in [1.29, 1.82) is 0 Å². The number of nitrogens with one attached hydrogen (secondary N) is 1. The molecule has 15 heavy (non-hydrogen) atoms. The van der Waals surface area contributed by atoms with Crippen molar-refractivity contribution in [3.05, 3.63) is 29.5 Å². The molecule has 0 unspecified atom stereocenters. The molecule has 0 atom stereocenters. The van der Waals surface area contributed by atoms with Gasteiger partial charge in [-0.3, -0.25) is 0 Å². The van der Waals surface area contributed by atoms with E-state index in [-0.39, 0.29) is 0 Å². The van der Waals surface area contributed by atoms with E-state index in [9.17, 15) is 5.21 Å². The minimum Gasteiger partial charge on any atom is -0.696 e.